The minimum absolute atomic E-state index is 0.0235. The summed E-state index contributed by atoms with van der Waals surface area (Å²) < 4.78 is 42.6. The third-order valence-corrected chi connectivity index (χ3v) is 1.95. The van der Waals surface area contributed by atoms with Gasteiger partial charge in [-0.3, -0.25) is 4.79 Å². The van der Waals surface area contributed by atoms with E-state index in [0.717, 1.165) is 12.1 Å². The zero-order valence-corrected chi connectivity index (χ0v) is 8.97. The van der Waals surface area contributed by atoms with E-state index in [1.54, 1.807) is 0 Å². The molecule has 0 saturated heterocycles. The number of likely N-dealkylation sites (N-methyl/N-ethyl adjacent to an activating group) is 1. The van der Waals surface area contributed by atoms with Gasteiger partial charge in [0.15, 0.2) is 6.61 Å². The molecule has 4 nitrogen and oxygen atoms in total. The Bertz CT molecular complexity index is 419. The number of halogens is 3. The van der Waals surface area contributed by atoms with Crippen molar-refractivity contribution in [2.24, 2.45) is 0 Å². The lowest BCUT2D eigenvalue weighted by Gasteiger charge is -2.13. The largest absolute Gasteiger partial charge is 0.483 e. The standard InChI is InChI=1S/C10H11F3N2O2/c1-15-9(16)5-17-8-3-2-6(14)4-7(8)10(11,12)13/h2-4H,5,14H2,1H3,(H,15,16). The molecule has 94 valence electrons. The first-order valence-corrected chi connectivity index (χ1v) is 4.64. The molecule has 0 atom stereocenters. The molecule has 1 aromatic carbocycles. The molecule has 1 rings (SSSR count). The molecular formula is C10H11F3N2O2. The summed E-state index contributed by atoms with van der Waals surface area (Å²) in [5, 5.41) is 2.23. The number of rotatable bonds is 3. The summed E-state index contributed by atoms with van der Waals surface area (Å²) in [4.78, 5) is 10.9. The second kappa shape index (κ2) is 4.94. The molecule has 0 spiro atoms. The highest BCUT2D eigenvalue weighted by molar-refractivity contribution is 5.77. The summed E-state index contributed by atoms with van der Waals surface area (Å²) in [7, 11) is 1.36. The summed E-state index contributed by atoms with van der Waals surface area (Å²) in [6, 6.07) is 3.12. The van der Waals surface area contributed by atoms with Crippen LogP contribution in [0.15, 0.2) is 18.2 Å². The maximum Gasteiger partial charge on any atom is 0.420 e. The second-order valence-electron chi connectivity index (χ2n) is 3.22. The van der Waals surface area contributed by atoms with Gasteiger partial charge in [0, 0.05) is 12.7 Å². The van der Waals surface area contributed by atoms with Crippen LogP contribution in [0.4, 0.5) is 18.9 Å². The lowest BCUT2D eigenvalue weighted by molar-refractivity contribution is -0.139. The Labute approximate surface area is 95.6 Å². The number of alkyl halides is 3. The van der Waals surface area contributed by atoms with Gasteiger partial charge in [0.1, 0.15) is 5.75 Å². The Kier molecular flexibility index (Phi) is 3.82. The molecule has 0 radical (unpaired) electrons. The number of ether oxygens (including phenoxy) is 1. The van der Waals surface area contributed by atoms with Crippen molar-refractivity contribution in [2.45, 2.75) is 6.18 Å². The highest BCUT2D eigenvalue weighted by Crippen LogP contribution is 2.37. The van der Waals surface area contributed by atoms with Crippen molar-refractivity contribution in [2.75, 3.05) is 19.4 Å². The van der Waals surface area contributed by atoms with Gasteiger partial charge < -0.3 is 15.8 Å². The van der Waals surface area contributed by atoms with E-state index in [2.05, 4.69) is 5.32 Å². The van der Waals surface area contributed by atoms with E-state index < -0.39 is 30.0 Å². The molecule has 0 unspecified atom stereocenters. The van der Waals surface area contributed by atoms with Gasteiger partial charge in [0.25, 0.3) is 5.91 Å². The van der Waals surface area contributed by atoms with Gasteiger partial charge in [-0.1, -0.05) is 0 Å². The molecule has 1 aromatic rings. The number of nitrogen functional groups attached to an aromatic ring is 1. The van der Waals surface area contributed by atoms with Crippen LogP contribution in [0.3, 0.4) is 0 Å². The van der Waals surface area contributed by atoms with Crippen molar-refractivity contribution in [3.05, 3.63) is 23.8 Å². The summed E-state index contributed by atoms with van der Waals surface area (Å²) >= 11 is 0. The van der Waals surface area contributed by atoms with Crippen LogP contribution < -0.4 is 15.8 Å². The van der Waals surface area contributed by atoms with Crippen molar-refractivity contribution >= 4 is 11.6 Å². The zero-order chi connectivity index (χ0) is 13.1. The molecule has 3 N–H and O–H groups in total. The van der Waals surface area contributed by atoms with Crippen LogP contribution in [0, 0.1) is 0 Å². The number of carbonyl (C=O) groups is 1. The predicted molar refractivity (Wildman–Crippen MR) is 55.4 cm³/mol. The van der Waals surface area contributed by atoms with E-state index in [4.69, 9.17) is 10.5 Å². The third-order valence-electron chi connectivity index (χ3n) is 1.95. The fourth-order valence-corrected chi connectivity index (χ4v) is 1.11. The highest BCUT2D eigenvalue weighted by Gasteiger charge is 2.34. The number of anilines is 1. The van der Waals surface area contributed by atoms with Crippen LogP contribution >= 0.6 is 0 Å². The first-order valence-electron chi connectivity index (χ1n) is 4.64. The Hall–Kier alpha value is -1.92. The topological polar surface area (TPSA) is 64.3 Å². The van der Waals surface area contributed by atoms with Crippen LogP contribution in [0.25, 0.3) is 0 Å². The quantitative estimate of drug-likeness (QED) is 0.795. The van der Waals surface area contributed by atoms with Gasteiger partial charge in [-0.2, -0.15) is 13.2 Å². The first kappa shape index (κ1) is 13.1. The van der Waals surface area contributed by atoms with E-state index in [1.807, 2.05) is 0 Å². The Morgan fingerprint density at radius 2 is 2.12 bits per heavy atom. The number of carbonyl (C=O) groups excluding carboxylic acids is 1. The summed E-state index contributed by atoms with van der Waals surface area (Å²) in [5.41, 5.74) is 4.25. The van der Waals surface area contributed by atoms with Crippen LogP contribution in [-0.4, -0.2) is 19.6 Å². The summed E-state index contributed by atoms with van der Waals surface area (Å²) in [5.74, 6) is -0.940. The molecule has 0 aliphatic carbocycles. The van der Waals surface area contributed by atoms with E-state index in [0.29, 0.717) is 0 Å². The molecule has 0 fully saturated rings. The lowest BCUT2D eigenvalue weighted by Crippen LogP contribution is -2.25. The lowest BCUT2D eigenvalue weighted by atomic mass is 10.1. The van der Waals surface area contributed by atoms with Crippen LogP contribution in [-0.2, 0) is 11.0 Å². The molecule has 0 aromatic heterocycles. The minimum atomic E-state index is -4.58. The number of hydrogen-bond donors (Lipinski definition) is 2. The van der Waals surface area contributed by atoms with Crippen LogP contribution in [0.1, 0.15) is 5.56 Å². The molecule has 0 bridgehead atoms. The summed E-state index contributed by atoms with van der Waals surface area (Å²) in [6.07, 6.45) is -4.58. The Morgan fingerprint density at radius 3 is 2.65 bits per heavy atom. The van der Waals surface area contributed by atoms with Crippen molar-refractivity contribution in [1.29, 1.82) is 0 Å². The van der Waals surface area contributed by atoms with Crippen molar-refractivity contribution in [3.8, 4) is 5.75 Å². The van der Waals surface area contributed by atoms with Gasteiger partial charge in [-0.15, -0.1) is 0 Å². The maximum atomic E-state index is 12.6. The number of amides is 1. The Morgan fingerprint density at radius 1 is 1.47 bits per heavy atom. The minimum Gasteiger partial charge on any atom is -0.483 e. The molecule has 0 heterocycles. The number of hydrogen-bond acceptors (Lipinski definition) is 3. The number of nitrogens with one attached hydrogen (secondary N) is 1. The fraction of sp³-hybridized carbons (Fsp3) is 0.300. The maximum absolute atomic E-state index is 12.6. The number of benzene rings is 1. The number of nitrogens with two attached hydrogens (primary N) is 1. The summed E-state index contributed by atoms with van der Waals surface area (Å²) in [6.45, 7) is -0.483. The van der Waals surface area contributed by atoms with Crippen LogP contribution in [0.2, 0.25) is 0 Å². The molecule has 0 saturated carbocycles. The van der Waals surface area contributed by atoms with Gasteiger partial charge in [0.2, 0.25) is 0 Å². The smallest absolute Gasteiger partial charge is 0.420 e. The van der Waals surface area contributed by atoms with E-state index >= 15 is 0 Å². The van der Waals surface area contributed by atoms with Gasteiger partial charge in [-0.25, -0.2) is 0 Å². The average molecular weight is 248 g/mol. The van der Waals surface area contributed by atoms with E-state index in [-0.39, 0.29) is 5.69 Å². The Balaban J connectivity index is 2.95. The van der Waals surface area contributed by atoms with E-state index in [1.165, 1.54) is 13.1 Å². The molecule has 7 heteroatoms. The zero-order valence-electron chi connectivity index (χ0n) is 8.97. The van der Waals surface area contributed by atoms with Gasteiger partial charge in [-0.05, 0) is 18.2 Å². The highest BCUT2D eigenvalue weighted by atomic mass is 19.4. The van der Waals surface area contributed by atoms with Crippen molar-refractivity contribution in [1.82, 2.24) is 5.32 Å². The molecular weight excluding hydrogens is 237 g/mol. The average Bonchev–Trinajstić information content (AvgIpc) is 2.25. The SMILES string of the molecule is CNC(=O)COc1ccc(N)cc1C(F)(F)F. The monoisotopic (exact) mass is 248 g/mol. The molecule has 1 amide bonds. The normalized spacial score (nSPS) is 11.1. The van der Waals surface area contributed by atoms with Gasteiger partial charge in [0.05, 0.1) is 5.56 Å². The fourth-order valence-electron chi connectivity index (χ4n) is 1.11. The van der Waals surface area contributed by atoms with Gasteiger partial charge >= 0.3 is 6.18 Å². The van der Waals surface area contributed by atoms with Crippen molar-refractivity contribution < 1.29 is 22.7 Å². The predicted octanol–water partition coefficient (Wildman–Crippen LogP) is 1.41. The molecule has 0 aliphatic rings. The molecule has 0 aliphatic heterocycles. The third kappa shape index (κ3) is 3.54. The van der Waals surface area contributed by atoms with E-state index in [9.17, 15) is 18.0 Å². The second-order valence-corrected chi connectivity index (χ2v) is 3.22. The first-order chi connectivity index (χ1) is 7.84. The van der Waals surface area contributed by atoms with Crippen molar-refractivity contribution in [3.63, 3.8) is 0 Å². The van der Waals surface area contributed by atoms with Crippen LogP contribution in [0.5, 0.6) is 5.75 Å². The molecule has 17 heavy (non-hydrogen) atoms.